The Kier molecular flexibility index (Phi) is 4.44. The third-order valence-electron chi connectivity index (χ3n) is 4.86. The van der Waals surface area contributed by atoms with Gasteiger partial charge in [0.2, 0.25) is 4.96 Å². The number of anilines is 1. The first kappa shape index (κ1) is 18.3. The molecule has 30 heavy (non-hydrogen) atoms. The van der Waals surface area contributed by atoms with Crippen LogP contribution in [0.4, 0.5) is 5.69 Å². The average molecular weight is 419 g/mol. The molecule has 0 radical (unpaired) electrons. The molecule has 0 saturated carbocycles. The number of carbonyl (C=O) groups excluding carboxylic acids is 2. The molecule has 0 aliphatic carbocycles. The summed E-state index contributed by atoms with van der Waals surface area (Å²) in [4.78, 5) is 32.0. The number of hydrogen-bond donors (Lipinski definition) is 1. The maximum absolute atomic E-state index is 12.8. The second kappa shape index (κ2) is 7.27. The van der Waals surface area contributed by atoms with Gasteiger partial charge in [-0.2, -0.15) is 5.10 Å². The third kappa shape index (κ3) is 3.18. The number of hydrogen-bond acceptors (Lipinski definition) is 6. The van der Waals surface area contributed by atoms with Crippen molar-refractivity contribution in [2.75, 3.05) is 18.6 Å². The minimum absolute atomic E-state index is 0.0462. The van der Waals surface area contributed by atoms with Crippen molar-refractivity contribution in [3.05, 3.63) is 66.5 Å². The number of para-hydroxylation sites is 2. The molecular weight excluding hydrogens is 402 g/mol. The number of nitrogens with one attached hydrogen (secondary N) is 1. The molecule has 1 aliphatic heterocycles. The van der Waals surface area contributed by atoms with Gasteiger partial charge in [-0.1, -0.05) is 53.8 Å². The van der Waals surface area contributed by atoms with Crippen LogP contribution in [0, 0.1) is 0 Å². The van der Waals surface area contributed by atoms with Gasteiger partial charge in [-0.25, -0.2) is 9.50 Å². The maximum atomic E-state index is 12.8. The Labute approximate surface area is 175 Å². The average Bonchev–Trinajstić information content (AvgIpc) is 3.33. The number of ether oxygens (including phenoxy) is 1. The number of nitrogens with zero attached hydrogens (tertiary/aromatic N) is 4. The quantitative estimate of drug-likeness (QED) is 0.551. The molecule has 4 aromatic rings. The number of aromatic nitrogens is 3. The van der Waals surface area contributed by atoms with Crippen LogP contribution in [0.15, 0.2) is 60.8 Å². The van der Waals surface area contributed by atoms with Gasteiger partial charge in [0, 0.05) is 12.6 Å². The van der Waals surface area contributed by atoms with E-state index in [1.807, 2.05) is 42.5 Å². The highest BCUT2D eigenvalue weighted by molar-refractivity contribution is 7.19. The van der Waals surface area contributed by atoms with Crippen molar-refractivity contribution in [1.82, 2.24) is 19.9 Å². The summed E-state index contributed by atoms with van der Waals surface area (Å²) >= 11 is 1.39. The van der Waals surface area contributed by atoms with Crippen LogP contribution in [0.5, 0.6) is 5.75 Å². The normalized spacial score (nSPS) is 16.1. The van der Waals surface area contributed by atoms with Crippen molar-refractivity contribution in [3.8, 4) is 16.3 Å². The van der Waals surface area contributed by atoms with Gasteiger partial charge in [0.1, 0.15) is 29.1 Å². The summed E-state index contributed by atoms with van der Waals surface area (Å²) < 4.78 is 7.31. The molecule has 2 amide bonds. The van der Waals surface area contributed by atoms with E-state index in [4.69, 9.17) is 4.74 Å². The molecule has 9 heteroatoms. The highest BCUT2D eigenvalue weighted by Gasteiger charge is 2.31. The molecule has 2 aromatic carbocycles. The van der Waals surface area contributed by atoms with Crippen molar-refractivity contribution in [2.24, 2.45) is 0 Å². The topological polar surface area (TPSA) is 88.8 Å². The smallest absolute Gasteiger partial charge is 0.272 e. The van der Waals surface area contributed by atoms with E-state index in [-0.39, 0.29) is 18.2 Å². The minimum Gasteiger partial charge on any atom is -0.489 e. The van der Waals surface area contributed by atoms with E-state index < -0.39 is 11.9 Å². The summed E-state index contributed by atoms with van der Waals surface area (Å²) in [7, 11) is 1.66. The van der Waals surface area contributed by atoms with Gasteiger partial charge >= 0.3 is 0 Å². The zero-order valence-corrected chi connectivity index (χ0v) is 16.8. The first-order valence-electron chi connectivity index (χ1n) is 9.32. The van der Waals surface area contributed by atoms with E-state index in [2.05, 4.69) is 15.4 Å². The molecule has 0 fully saturated rings. The number of likely N-dealkylation sites (N-methyl/N-ethyl adjacent to an activating group) is 1. The van der Waals surface area contributed by atoms with Crippen LogP contribution in [0.3, 0.4) is 0 Å². The van der Waals surface area contributed by atoms with Crippen molar-refractivity contribution in [1.29, 1.82) is 0 Å². The van der Waals surface area contributed by atoms with Gasteiger partial charge in [-0.05, 0) is 12.1 Å². The van der Waals surface area contributed by atoms with Crippen LogP contribution in [0.1, 0.15) is 10.5 Å². The van der Waals surface area contributed by atoms with Crippen molar-refractivity contribution in [2.45, 2.75) is 6.04 Å². The first-order valence-corrected chi connectivity index (χ1v) is 10.1. The number of benzene rings is 2. The molecule has 1 N–H and O–H groups in total. The van der Waals surface area contributed by atoms with Crippen molar-refractivity contribution < 1.29 is 14.3 Å². The lowest BCUT2D eigenvalue weighted by Gasteiger charge is -2.19. The largest absolute Gasteiger partial charge is 0.489 e. The molecule has 0 saturated heterocycles. The Morgan fingerprint density at radius 1 is 1.17 bits per heavy atom. The summed E-state index contributed by atoms with van der Waals surface area (Å²) in [6.07, 6.45) is 1.56. The van der Waals surface area contributed by atoms with Gasteiger partial charge in [0.25, 0.3) is 11.8 Å². The van der Waals surface area contributed by atoms with Crippen LogP contribution >= 0.6 is 11.3 Å². The fourth-order valence-corrected chi connectivity index (χ4v) is 4.18. The zero-order valence-electron chi connectivity index (χ0n) is 16.0. The van der Waals surface area contributed by atoms with E-state index >= 15 is 0 Å². The summed E-state index contributed by atoms with van der Waals surface area (Å²) in [5.74, 6) is -0.0978. The number of rotatable bonds is 3. The second-order valence-corrected chi connectivity index (χ2v) is 7.78. The summed E-state index contributed by atoms with van der Waals surface area (Å²) in [5, 5.41) is 8.04. The van der Waals surface area contributed by atoms with Crippen LogP contribution in [0.25, 0.3) is 15.5 Å². The highest BCUT2D eigenvalue weighted by Crippen LogP contribution is 2.30. The standard InChI is InChI=1S/C21H17N5O3S/c1-25-16-9-5-6-10-17(16)29-12-15(20(25)28)22-18(27)14-11-26-21(23-14)30-19(24-26)13-7-3-2-4-8-13/h2-11,15H,12H2,1H3,(H,22,27)/t15-/m0/s1. The third-order valence-corrected chi connectivity index (χ3v) is 5.83. The highest BCUT2D eigenvalue weighted by atomic mass is 32.1. The molecule has 0 bridgehead atoms. The van der Waals surface area contributed by atoms with Crippen molar-refractivity contribution in [3.63, 3.8) is 0 Å². The monoisotopic (exact) mass is 419 g/mol. The molecule has 150 valence electrons. The van der Waals surface area contributed by atoms with Crippen LogP contribution in [-0.4, -0.2) is 46.1 Å². The van der Waals surface area contributed by atoms with Gasteiger partial charge in [-0.3, -0.25) is 9.59 Å². The number of fused-ring (bicyclic) bond motifs is 2. The molecule has 3 heterocycles. The van der Waals surface area contributed by atoms with Crippen LogP contribution in [0.2, 0.25) is 0 Å². The van der Waals surface area contributed by atoms with E-state index in [1.165, 1.54) is 16.2 Å². The van der Waals surface area contributed by atoms with Gasteiger partial charge < -0.3 is 15.0 Å². The number of carbonyl (C=O) groups is 2. The SMILES string of the molecule is CN1C(=O)[C@@H](NC(=O)c2cn3nc(-c4ccccc4)sc3n2)COc2ccccc21. The zero-order chi connectivity index (χ0) is 20.7. The van der Waals surface area contributed by atoms with Crippen molar-refractivity contribution >= 4 is 33.8 Å². The predicted molar refractivity (Wildman–Crippen MR) is 113 cm³/mol. The molecule has 0 spiro atoms. The summed E-state index contributed by atoms with van der Waals surface area (Å²) in [5.41, 5.74) is 1.85. The van der Waals surface area contributed by atoms with E-state index in [1.54, 1.807) is 29.9 Å². The lowest BCUT2D eigenvalue weighted by Crippen LogP contribution is -2.49. The number of imidazole rings is 1. The fourth-order valence-electron chi connectivity index (χ4n) is 3.30. The number of amides is 2. The molecule has 1 atom stereocenters. The van der Waals surface area contributed by atoms with E-state index in [0.29, 0.717) is 16.4 Å². The first-order chi connectivity index (χ1) is 14.6. The maximum Gasteiger partial charge on any atom is 0.272 e. The molecule has 2 aromatic heterocycles. The lowest BCUT2D eigenvalue weighted by molar-refractivity contribution is -0.120. The van der Waals surface area contributed by atoms with Crippen LogP contribution < -0.4 is 15.0 Å². The molecule has 0 unspecified atom stereocenters. The van der Waals surface area contributed by atoms with Gasteiger partial charge in [0.05, 0.1) is 11.9 Å². The summed E-state index contributed by atoms with van der Waals surface area (Å²) in [6.45, 7) is 0.0462. The Morgan fingerprint density at radius 2 is 1.93 bits per heavy atom. The van der Waals surface area contributed by atoms with Crippen LogP contribution in [-0.2, 0) is 4.79 Å². The lowest BCUT2D eigenvalue weighted by atomic mass is 10.2. The Balaban J connectivity index is 1.34. The van der Waals surface area contributed by atoms with E-state index in [9.17, 15) is 9.59 Å². The molecule has 5 rings (SSSR count). The minimum atomic E-state index is -0.817. The second-order valence-electron chi connectivity index (χ2n) is 6.83. The predicted octanol–water partition coefficient (Wildman–Crippen LogP) is 2.61. The van der Waals surface area contributed by atoms with E-state index in [0.717, 1.165) is 10.6 Å². The Bertz CT molecular complexity index is 1220. The molecule has 8 nitrogen and oxygen atoms in total. The molecule has 1 aliphatic rings. The fraction of sp³-hybridized carbons (Fsp3) is 0.143. The Morgan fingerprint density at radius 3 is 2.73 bits per heavy atom. The molecular formula is C21H17N5O3S. The van der Waals surface area contributed by atoms with Gasteiger partial charge in [0.15, 0.2) is 0 Å². The van der Waals surface area contributed by atoms with Gasteiger partial charge in [-0.15, -0.1) is 0 Å². The summed E-state index contributed by atoms with van der Waals surface area (Å²) in [6, 6.07) is 16.2. The Hall–Kier alpha value is -3.72.